The van der Waals surface area contributed by atoms with Crippen LogP contribution in [0.3, 0.4) is 0 Å². The molecule has 0 bridgehead atoms. The van der Waals surface area contributed by atoms with Crippen LogP contribution in [-0.4, -0.2) is 12.6 Å². The molecule has 0 aliphatic heterocycles. The molecule has 5 heteroatoms. The van der Waals surface area contributed by atoms with E-state index in [2.05, 4.69) is 0 Å². The summed E-state index contributed by atoms with van der Waals surface area (Å²) in [7, 11) is 0. The summed E-state index contributed by atoms with van der Waals surface area (Å²) in [5.74, 6) is -0.237. The van der Waals surface area contributed by atoms with E-state index in [4.69, 9.17) is 8.92 Å². The van der Waals surface area contributed by atoms with E-state index in [1.54, 1.807) is 42.5 Å². The molecule has 0 unspecified atom stereocenters. The van der Waals surface area contributed by atoms with Gasteiger partial charge in [0.25, 0.3) is 0 Å². The highest BCUT2D eigenvalue weighted by Gasteiger charge is 2.10. The van der Waals surface area contributed by atoms with E-state index >= 15 is 0 Å². The maximum atomic E-state index is 13.4. The van der Waals surface area contributed by atoms with Crippen molar-refractivity contribution in [2.45, 2.75) is 18.2 Å². The fourth-order valence-corrected chi connectivity index (χ4v) is 2.09. The van der Waals surface area contributed by atoms with Crippen LogP contribution < -0.4 is 4.74 Å². The van der Waals surface area contributed by atoms with E-state index < -0.39 is 11.8 Å². The third kappa shape index (κ3) is 4.49. The number of ether oxygens (including phenoxy) is 1. The Balaban J connectivity index is 1.93. The van der Waals surface area contributed by atoms with Crippen molar-refractivity contribution < 1.29 is 18.1 Å². The molecule has 2 aromatic rings. The van der Waals surface area contributed by atoms with Crippen molar-refractivity contribution in [1.82, 2.24) is 0 Å². The number of halogens is 1. The average molecular weight is 306 g/mol. The van der Waals surface area contributed by atoms with Gasteiger partial charge in [-0.2, -0.15) is 0 Å². The molecule has 0 spiro atoms. The maximum Gasteiger partial charge on any atom is 0.350 e. The van der Waals surface area contributed by atoms with Gasteiger partial charge in [-0.05, 0) is 42.8 Å². The summed E-state index contributed by atoms with van der Waals surface area (Å²) >= 11 is 0.712. The quantitative estimate of drug-likeness (QED) is 0.737. The zero-order chi connectivity index (χ0) is 15.1. The number of rotatable bonds is 6. The molecular formula is C16H15FO3S. The number of hydrogen-bond donors (Lipinski definition) is 0. The molecule has 0 saturated heterocycles. The standard InChI is InChI=1S/C16H15FO3S/c1-2-11-19-13-9-7-12(8-10-13)16(18)20-21-15-6-4-3-5-14(15)17/h3-10H,2,11H2,1H3. The van der Waals surface area contributed by atoms with E-state index in [-0.39, 0.29) is 4.90 Å². The Morgan fingerprint density at radius 2 is 1.86 bits per heavy atom. The zero-order valence-corrected chi connectivity index (χ0v) is 12.4. The van der Waals surface area contributed by atoms with E-state index in [0.29, 0.717) is 30.0 Å². The van der Waals surface area contributed by atoms with E-state index in [9.17, 15) is 9.18 Å². The summed E-state index contributed by atoms with van der Waals surface area (Å²) < 4.78 is 23.8. The van der Waals surface area contributed by atoms with Crippen molar-refractivity contribution in [3.63, 3.8) is 0 Å². The number of carbonyl (C=O) groups excluding carboxylic acids is 1. The minimum atomic E-state index is -0.523. The molecule has 0 heterocycles. The Labute approximate surface area is 127 Å². The van der Waals surface area contributed by atoms with E-state index in [1.165, 1.54) is 6.07 Å². The summed E-state index contributed by atoms with van der Waals surface area (Å²) in [4.78, 5) is 12.1. The fraction of sp³-hybridized carbons (Fsp3) is 0.188. The Morgan fingerprint density at radius 1 is 1.14 bits per heavy atom. The van der Waals surface area contributed by atoms with Crippen LogP contribution in [0, 0.1) is 5.82 Å². The maximum absolute atomic E-state index is 13.4. The first-order valence-corrected chi connectivity index (χ1v) is 7.31. The van der Waals surface area contributed by atoms with Crippen molar-refractivity contribution >= 4 is 18.0 Å². The van der Waals surface area contributed by atoms with Crippen molar-refractivity contribution in [2.24, 2.45) is 0 Å². The number of carbonyl (C=O) groups is 1. The van der Waals surface area contributed by atoms with Gasteiger partial charge in [-0.15, -0.1) is 0 Å². The SMILES string of the molecule is CCCOc1ccc(C(=O)OSc2ccccc2F)cc1. The smallest absolute Gasteiger partial charge is 0.350 e. The second-order valence-electron chi connectivity index (χ2n) is 4.26. The second kappa shape index (κ2) is 7.69. The van der Waals surface area contributed by atoms with Crippen LogP contribution in [0.15, 0.2) is 53.4 Å². The molecule has 0 aromatic heterocycles. The normalized spacial score (nSPS) is 10.2. The van der Waals surface area contributed by atoms with Gasteiger partial charge in [0.2, 0.25) is 0 Å². The van der Waals surface area contributed by atoms with Crippen LogP contribution in [0.2, 0.25) is 0 Å². The lowest BCUT2D eigenvalue weighted by atomic mass is 10.2. The highest BCUT2D eigenvalue weighted by atomic mass is 32.2. The van der Waals surface area contributed by atoms with Crippen LogP contribution in [0.1, 0.15) is 23.7 Å². The molecule has 0 fully saturated rings. The Kier molecular flexibility index (Phi) is 5.63. The molecule has 0 saturated carbocycles. The molecular weight excluding hydrogens is 291 g/mol. The predicted octanol–water partition coefficient (Wildman–Crippen LogP) is 4.48. The predicted molar refractivity (Wildman–Crippen MR) is 79.9 cm³/mol. The second-order valence-corrected chi connectivity index (χ2v) is 5.03. The number of hydrogen-bond acceptors (Lipinski definition) is 4. The van der Waals surface area contributed by atoms with Crippen LogP contribution >= 0.6 is 12.0 Å². The largest absolute Gasteiger partial charge is 0.494 e. The molecule has 0 aliphatic carbocycles. The Bertz CT molecular complexity index is 599. The highest BCUT2D eigenvalue weighted by Crippen LogP contribution is 2.24. The molecule has 3 nitrogen and oxygen atoms in total. The summed E-state index contributed by atoms with van der Waals surface area (Å²) in [6.07, 6.45) is 0.920. The van der Waals surface area contributed by atoms with Gasteiger partial charge in [-0.1, -0.05) is 19.1 Å². The minimum absolute atomic E-state index is 0.272. The van der Waals surface area contributed by atoms with Crippen LogP contribution in [0.25, 0.3) is 0 Å². The summed E-state index contributed by atoms with van der Waals surface area (Å²) in [6, 6.07) is 12.8. The molecule has 110 valence electrons. The van der Waals surface area contributed by atoms with Gasteiger partial charge in [0, 0.05) is 0 Å². The van der Waals surface area contributed by atoms with Gasteiger partial charge < -0.3 is 8.92 Å². The minimum Gasteiger partial charge on any atom is -0.494 e. The van der Waals surface area contributed by atoms with Gasteiger partial charge >= 0.3 is 5.97 Å². The first kappa shape index (κ1) is 15.4. The topological polar surface area (TPSA) is 35.5 Å². The van der Waals surface area contributed by atoms with Crippen molar-refractivity contribution in [1.29, 1.82) is 0 Å². The zero-order valence-electron chi connectivity index (χ0n) is 11.5. The van der Waals surface area contributed by atoms with Crippen molar-refractivity contribution in [3.05, 3.63) is 59.9 Å². The number of benzene rings is 2. The van der Waals surface area contributed by atoms with Gasteiger partial charge in [0.15, 0.2) is 0 Å². The summed E-state index contributed by atoms with van der Waals surface area (Å²) in [5.41, 5.74) is 0.391. The molecule has 21 heavy (non-hydrogen) atoms. The third-order valence-electron chi connectivity index (χ3n) is 2.61. The first-order valence-electron chi connectivity index (χ1n) is 6.57. The fourth-order valence-electron chi connectivity index (χ4n) is 1.55. The third-order valence-corrected chi connectivity index (χ3v) is 3.35. The molecule has 0 N–H and O–H groups in total. The molecule has 0 radical (unpaired) electrons. The Hall–Kier alpha value is -2.01. The lowest BCUT2D eigenvalue weighted by Crippen LogP contribution is -2.01. The van der Waals surface area contributed by atoms with Crippen LogP contribution in [0.5, 0.6) is 5.75 Å². The Morgan fingerprint density at radius 3 is 2.52 bits per heavy atom. The lowest BCUT2D eigenvalue weighted by molar-refractivity contribution is 0.0768. The van der Waals surface area contributed by atoms with Gasteiger partial charge in [0.1, 0.15) is 11.6 Å². The van der Waals surface area contributed by atoms with Crippen LogP contribution in [-0.2, 0) is 4.18 Å². The van der Waals surface area contributed by atoms with E-state index in [1.807, 2.05) is 6.92 Å². The van der Waals surface area contributed by atoms with Gasteiger partial charge in [-0.3, -0.25) is 0 Å². The molecule has 0 atom stereocenters. The highest BCUT2D eigenvalue weighted by molar-refractivity contribution is 7.95. The summed E-state index contributed by atoms with van der Waals surface area (Å²) in [5, 5.41) is 0. The van der Waals surface area contributed by atoms with Gasteiger partial charge in [-0.25, -0.2) is 9.18 Å². The average Bonchev–Trinajstić information content (AvgIpc) is 2.52. The molecule has 2 rings (SSSR count). The molecule has 0 amide bonds. The molecule has 2 aromatic carbocycles. The van der Waals surface area contributed by atoms with Crippen molar-refractivity contribution in [2.75, 3.05) is 6.61 Å². The lowest BCUT2D eigenvalue weighted by Gasteiger charge is -2.06. The van der Waals surface area contributed by atoms with E-state index in [0.717, 1.165) is 6.42 Å². The van der Waals surface area contributed by atoms with Crippen molar-refractivity contribution in [3.8, 4) is 5.75 Å². The van der Waals surface area contributed by atoms with Crippen LogP contribution in [0.4, 0.5) is 4.39 Å². The summed E-state index contributed by atoms with van der Waals surface area (Å²) in [6.45, 7) is 2.65. The van der Waals surface area contributed by atoms with Gasteiger partial charge in [0.05, 0.1) is 29.1 Å². The molecule has 0 aliphatic rings. The first-order chi connectivity index (χ1) is 10.2. The monoisotopic (exact) mass is 306 g/mol.